The molecular weight excluding hydrogens is 436 g/mol. The fraction of sp³-hybridized carbons (Fsp3) is 0.545. The highest BCUT2D eigenvalue weighted by atomic mass is 79.9. The van der Waals surface area contributed by atoms with Gasteiger partial charge in [-0.3, -0.25) is 9.59 Å². The first-order valence-electron chi connectivity index (χ1n) is 10.3. The van der Waals surface area contributed by atoms with Crippen molar-refractivity contribution in [2.75, 3.05) is 31.7 Å². The summed E-state index contributed by atoms with van der Waals surface area (Å²) in [7, 11) is 0. The minimum absolute atomic E-state index is 0.0433. The van der Waals surface area contributed by atoms with Gasteiger partial charge in [0.25, 0.3) is 0 Å². The molecule has 2 bridgehead atoms. The SMILES string of the molecule is O=C(NCC1COCCO1)[C@H]1[C@H](C(=O)Nc2ccc(Br)cc2)[C@@H]2C=C[C@H]1C21CC1. The van der Waals surface area contributed by atoms with Gasteiger partial charge < -0.3 is 20.1 Å². The number of benzene rings is 1. The number of carbonyl (C=O) groups excluding carboxylic acids is 2. The van der Waals surface area contributed by atoms with Crippen molar-refractivity contribution in [3.63, 3.8) is 0 Å². The van der Waals surface area contributed by atoms with Crippen molar-refractivity contribution in [3.8, 4) is 0 Å². The molecule has 2 saturated carbocycles. The first-order valence-corrected chi connectivity index (χ1v) is 11.1. The van der Waals surface area contributed by atoms with E-state index in [1.165, 1.54) is 0 Å². The third-order valence-corrected chi connectivity index (χ3v) is 7.48. The maximum atomic E-state index is 13.2. The molecule has 1 aromatic carbocycles. The first kappa shape index (κ1) is 19.3. The van der Waals surface area contributed by atoms with Crippen molar-refractivity contribution in [1.29, 1.82) is 0 Å². The Morgan fingerprint density at radius 1 is 1.03 bits per heavy atom. The molecule has 0 aromatic heterocycles. The molecule has 29 heavy (non-hydrogen) atoms. The van der Waals surface area contributed by atoms with E-state index in [0.29, 0.717) is 26.4 Å². The van der Waals surface area contributed by atoms with E-state index in [0.717, 1.165) is 23.0 Å². The molecule has 7 heteroatoms. The predicted octanol–water partition coefficient (Wildman–Crippen LogP) is 2.75. The van der Waals surface area contributed by atoms with E-state index in [1.807, 2.05) is 24.3 Å². The molecule has 3 aliphatic carbocycles. The molecule has 2 N–H and O–H groups in total. The van der Waals surface area contributed by atoms with E-state index in [1.54, 1.807) is 0 Å². The molecule has 1 heterocycles. The number of nitrogens with one attached hydrogen (secondary N) is 2. The van der Waals surface area contributed by atoms with Crippen LogP contribution in [-0.4, -0.2) is 44.3 Å². The Bertz CT molecular complexity index is 830. The normalized spacial score (nSPS) is 33.6. The lowest BCUT2D eigenvalue weighted by Gasteiger charge is -2.28. The van der Waals surface area contributed by atoms with Gasteiger partial charge in [0.15, 0.2) is 0 Å². The maximum Gasteiger partial charge on any atom is 0.228 e. The van der Waals surface area contributed by atoms with Crippen LogP contribution in [0, 0.1) is 29.1 Å². The molecule has 1 unspecified atom stereocenters. The van der Waals surface area contributed by atoms with E-state index in [4.69, 9.17) is 9.47 Å². The summed E-state index contributed by atoms with van der Waals surface area (Å²) in [6.07, 6.45) is 6.42. The van der Waals surface area contributed by atoms with Crippen LogP contribution in [0.5, 0.6) is 0 Å². The molecule has 2 amide bonds. The van der Waals surface area contributed by atoms with Gasteiger partial charge in [-0.05, 0) is 54.4 Å². The number of hydrogen-bond donors (Lipinski definition) is 2. The molecule has 1 aliphatic heterocycles. The fourth-order valence-corrected chi connectivity index (χ4v) is 5.72. The second kappa shape index (κ2) is 7.52. The van der Waals surface area contributed by atoms with Gasteiger partial charge in [0.1, 0.15) is 0 Å². The highest BCUT2D eigenvalue weighted by Gasteiger charge is 2.69. The Balaban J connectivity index is 1.31. The molecule has 4 aliphatic rings. The van der Waals surface area contributed by atoms with Gasteiger partial charge in [-0.25, -0.2) is 0 Å². The molecule has 3 fully saturated rings. The lowest BCUT2D eigenvalue weighted by Crippen LogP contribution is -2.46. The number of anilines is 1. The van der Waals surface area contributed by atoms with Crippen molar-refractivity contribution >= 4 is 33.4 Å². The standard InChI is InChI=1S/C22H25BrN2O4/c23-13-1-3-14(4-2-13)25-21(27)19-17-6-5-16(22(17)7-8-22)18(19)20(26)24-11-15-12-28-9-10-29-15/h1-6,15-19H,7-12H2,(H,24,26)(H,25,27)/t15?,16-,17+,18-,19-/m1/s1. The molecule has 1 aromatic rings. The van der Waals surface area contributed by atoms with Gasteiger partial charge in [0.05, 0.1) is 37.8 Å². The van der Waals surface area contributed by atoms with Crippen LogP contribution in [0.1, 0.15) is 12.8 Å². The molecule has 154 valence electrons. The van der Waals surface area contributed by atoms with Crippen molar-refractivity contribution in [1.82, 2.24) is 5.32 Å². The van der Waals surface area contributed by atoms with Crippen molar-refractivity contribution in [2.45, 2.75) is 18.9 Å². The van der Waals surface area contributed by atoms with Crippen LogP contribution >= 0.6 is 15.9 Å². The fourth-order valence-electron chi connectivity index (χ4n) is 5.46. The summed E-state index contributed by atoms with van der Waals surface area (Å²) >= 11 is 3.41. The molecular formula is C22H25BrN2O4. The third kappa shape index (κ3) is 3.43. The largest absolute Gasteiger partial charge is 0.376 e. The Morgan fingerprint density at radius 3 is 2.34 bits per heavy atom. The van der Waals surface area contributed by atoms with Crippen molar-refractivity contribution in [3.05, 3.63) is 40.9 Å². The predicted molar refractivity (Wildman–Crippen MR) is 111 cm³/mol. The summed E-state index contributed by atoms with van der Waals surface area (Å²) in [6, 6.07) is 7.53. The van der Waals surface area contributed by atoms with Crippen LogP contribution in [0.25, 0.3) is 0 Å². The van der Waals surface area contributed by atoms with Gasteiger partial charge in [0.2, 0.25) is 11.8 Å². The van der Waals surface area contributed by atoms with Gasteiger partial charge in [-0.15, -0.1) is 0 Å². The van der Waals surface area contributed by atoms with Crippen molar-refractivity contribution < 1.29 is 19.1 Å². The number of carbonyl (C=O) groups is 2. The summed E-state index contributed by atoms with van der Waals surface area (Å²) in [4.78, 5) is 26.4. The van der Waals surface area contributed by atoms with Crippen LogP contribution in [0.3, 0.4) is 0 Å². The number of hydrogen-bond acceptors (Lipinski definition) is 4. The van der Waals surface area contributed by atoms with E-state index >= 15 is 0 Å². The van der Waals surface area contributed by atoms with Gasteiger partial charge in [-0.2, -0.15) is 0 Å². The zero-order valence-corrected chi connectivity index (χ0v) is 17.7. The minimum Gasteiger partial charge on any atom is -0.376 e. The van der Waals surface area contributed by atoms with Crippen LogP contribution in [0.4, 0.5) is 5.69 Å². The smallest absolute Gasteiger partial charge is 0.228 e. The van der Waals surface area contributed by atoms with Crippen molar-refractivity contribution in [2.24, 2.45) is 29.1 Å². The van der Waals surface area contributed by atoms with E-state index in [2.05, 4.69) is 38.7 Å². The Kier molecular flexibility index (Phi) is 5.00. The van der Waals surface area contributed by atoms with Gasteiger partial charge in [0, 0.05) is 16.7 Å². The third-order valence-electron chi connectivity index (χ3n) is 6.95. The Hall–Kier alpha value is -1.70. The lowest BCUT2D eigenvalue weighted by atomic mass is 9.81. The quantitative estimate of drug-likeness (QED) is 0.662. The second-order valence-corrected chi connectivity index (χ2v) is 9.45. The van der Waals surface area contributed by atoms with Crippen LogP contribution < -0.4 is 10.6 Å². The summed E-state index contributed by atoms with van der Waals surface area (Å²) in [5.41, 5.74) is 0.871. The van der Waals surface area contributed by atoms with E-state index in [9.17, 15) is 9.59 Å². The van der Waals surface area contributed by atoms with Gasteiger partial charge in [-0.1, -0.05) is 28.1 Å². The minimum atomic E-state index is -0.334. The monoisotopic (exact) mass is 460 g/mol. The molecule has 1 spiro atoms. The number of amides is 2. The second-order valence-electron chi connectivity index (χ2n) is 8.53. The van der Waals surface area contributed by atoms with Crippen LogP contribution in [-0.2, 0) is 19.1 Å². The lowest BCUT2D eigenvalue weighted by molar-refractivity contribution is -0.134. The first-order chi connectivity index (χ1) is 14.1. The zero-order valence-electron chi connectivity index (χ0n) is 16.1. The highest BCUT2D eigenvalue weighted by Crippen LogP contribution is 2.72. The van der Waals surface area contributed by atoms with Crippen LogP contribution in [0.2, 0.25) is 0 Å². The Morgan fingerprint density at radius 2 is 1.72 bits per heavy atom. The highest BCUT2D eigenvalue weighted by molar-refractivity contribution is 9.10. The number of ether oxygens (including phenoxy) is 2. The molecule has 1 saturated heterocycles. The molecule has 5 atom stereocenters. The Labute approximate surface area is 178 Å². The number of rotatable bonds is 5. The summed E-state index contributed by atoms with van der Waals surface area (Å²) < 4.78 is 12.0. The summed E-state index contributed by atoms with van der Waals surface area (Å²) in [6.45, 7) is 2.07. The molecule has 5 rings (SSSR count). The summed E-state index contributed by atoms with van der Waals surface area (Å²) in [5.74, 6) is -0.470. The summed E-state index contributed by atoms with van der Waals surface area (Å²) in [5, 5.41) is 6.07. The topological polar surface area (TPSA) is 76.7 Å². The van der Waals surface area contributed by atoms with Gasteiger partial charge >= 0.3 is 0 Å². The van der Waals surface area contributed by atoms with E-state index in [-0.39, 0.29) is 47.0 Å². The van der Waals surface area contributed by atoms with Crippen LogP contribution in [0.15, 0.2) is 40.9 Å². The average molecular weight is 461 g/mol. The maximum absolute atomic E-state index is 13.2. The zero-order chi connectivity index (χ0) is 20.0. The number of halogens is 1. The molecule has 0 radical (unpaired) electrons. The number of allylic oxidation sites excluding steroid dienone is 2. The molecule has 6 nitrogen and oxygen atoms in total. The average Bonchev–Trinajstić information content (AvgIpc) is 3.41. The van der Waals surface area contributed by atoms with E-state index < -0.39 is 0 Å².